The number of epoxide rings is 1. The van der Waals surface area contributed by atoms with Crippen LogP contribution in [0.25, 0.3) is 0 Å². The molecule has 14 heavy (non-hydrogen) atoms. The number of benzene rings is 1. The van der Waals surface area contributed by atoms with E-state index < -0.39 is 0 Å². The Kier molecular flexibility index (Phi) is 2.84. The van der Waals surface area contributed by atoms with Crippen molar-refractivity contribution in [3.05, 3.63) is 34.3 Å². The second-order valence-electron chi connectivity index (χ2n) is 3.17. The second kappa shape index (κ2) is 4.11. The van der Waals surface area contributed by atoms with Crippen molar-refractivity contribution in [1.29, 1.82) is 0 Å². The van der Waals surface area contributed by atoms with E-state index in [0.717, 1.165) is 11.1 Å². The zero-order valence-corrected chi connectivity index (χ0v) is 9.08. The normalized spacial score (nSPS) is 19.1. The SMILES string of the molecule is O=C(NC[C@@H]1CO1)c1ccc(Br)cc1. The summed E-state index contributed by atoms with van der Waals surface area (Å²) in [5, 5.41) is 2.80. The van der Waals surface area contributed by atoms with Gasteiger partial charge in [-0.3, -0.25) is 4.79 Å². The van der Waals surface area contributed by atoms with Crippen LogP contribution in [0.15, 0.2) is 28.7 Å². The Morgan fingerprint density at radius 1 is 1.50 bits per heavy atom. The quantitative estimate of drug-likeness (QED) is 0.834. The summed E-state index contributed by atoms with van der Waals surface area (Å²) < 4.78 is 5.96. The van der Waals surface area contributed by atoms with Gasteiger partial charge in [-0.2, -0.15) is 0 Å². The highest BCUT2D eigenvalue weighted by Gasteiger charge is 2.22. The standard InChI is InChI=1S/C10H10BrNO2/c11-8-3-1-7(2-4-8)10(13)12-5-9-6-14-9/h1-4,9H,5-6H2,(H,12,13)/t9-/m1/s1. The van der Waals surface area contributed by atoms with Gasteiger partial charge in [0.2, 0.25) is 0 Å². The van der Waals surface area contributed by atoms with Crippen molar-refractivity contribution < 1.29 is 9.53 Å². The number of ether oxygens (including phenoxy) is 1. The molecule has 0 unspecified atom stereocenters. The number of hydrogen-bond acceptors (Lipinski definition) is 2. The molecule has 1 saturated heterocycles. The summed E-state index contributed by atoms with van der Waals surface area (Å²) in [5.41, 5.74) is 0.675. The van der Waals surface area contributed by atoms with Crippen LogP contribution in [0.2, 0.25) is 0 Å². The molecule has 0 radical (unpaired) electrons. The molecule has 74 valence electrons. The van der Waals surface area contributed by atoms with Gasteiger partial charge in [-0.05, 0) is 24.3 Å². The van der Waals surface area contributed by atoms with Gasteiger partial charge in [0.05, 0.1) is 12.7 Å². The zero-order chi connectivity index (χ0) is 9.97. The van der Waals surface area contributed by atoms with E-state index in [1.165, 1.54) is 0 Å². The number of halogens is 1. The topological polar surface area (TPSA) is 41.6 Å². The van der Waals surface area contributed by atoms with E-state index in [1.54, 1.807) is 12.1 Å². The third kappa shape index (κ3) is 2.56. The Labute approximate surface area is 90.6 Å². The molecule has 0 saturated carbocycles. The van der Waals surface area contributed by atoms with Gasteiger partial charge in [0.15, 0.2) is 0 Å². The minimum absolute atomic E-state index is 0.0481. The minimum Gasteiger partial charge on any atom is -0.371 e. The molecular weight excluding hydrogens is 246 g/mol. The summed E-state index contributed by atoms with van der Waals surface area (Å²) >= 11 is 3.32. The Bertz CT molecular complexity index is 332. The highest BCUT2D eigenvalue weighted by atomic mass is 79.9. The molecule has 4 heteroatoms. The maximum absolute atomic E-state index is 11.5. The molecule has 1 aliphatic heterocycles. The van der Waals surface area contributed by atoms with E-state index in [2.05, 4.69) is 21.2 Å². The molecule has 1 fully saturated rings. The van der Waals surface area contributed by atoms with E-state index >= 15 is 0 Å². The fraction of sp³-hybridized carbons (Fsp3) is 0.300. The smallest absolute Gasteiger partial charge is 0.251 e. The van der Waals surface area contributed by atoms with Crippen LogP contribution in [0.5, 0.6) is 0 Å². The lowest BCUT2D eigenvalue weighted by molar-refractivity contribution is 0.0950. The van der Waals surface area contributed by atoms with Gasteiger partial charge in [-0.15, -0.1) is 0 Å². The fourth-order valence-electron chi connectivity index (χ4n) is 1.10. The summed E-state index contributed by atoms with van der Waals surface area (Å²) in [7, 11) is 0. The van der Waals surface area contributed by atoms with Crippen molar-refractivity contribution in [3.63, 3.8) is 0 Å². The molecule has 0 bridgehead atoms. The Balaban J connectivity index is 1.92. The molecule has 1 aromatic carbocycles. The largest absolute Gasteiger partial charge is 0.371 e. The summed E-state index contributed by atoms with van der Waals surface area (Å²) in [6, 6.07) is 7.27. The van der Waals surface area contributed by atoms with Crippen LogP contribution in [0, 0.1) is 0 Å². The monoisotopic (exact) mass is 255 g/mol. The van der Waals surface area contributed by atoms with E-state index in [9.17, 15) is 4.79 Å². The fourth-order valence-corrected chi connectivity index (χ4v) is 1.36. The first-order chi connectivity index (χ1) is 6.75. The molecule has 2 rings (SSSR count). The number of carbonyl (C=O) groups is 1. The Morgan fingerprint density at radius 3 is 2.71 bits per heavy atom. The van der Waals surface area contributed by atoms with Gasteiger partial charge in [-0.1, -0.05) is 15.9 Å². The minimum atomic E-state index is -0.0481. The molecule has 0 aliphatic carbocycles. The molecule has 1 amide bonds. The molecule has 1 aliphatic rings. The molecular formula is C10H10BrNO2. The van der Waals surface area contributed by atoms with E-state index in [-0.39, 0.29) is 12.0 Å². The predicted octanol–water partition coefficient (Wildman–Crippen LogP) is 1.58. The van der Waals surface area contributed by atoms with Gasteiger partial charge in [0.25, 0.3) is 5.91 Å². The number of hydrogen-bond donors (Lipinski definition) is 1. The maximum Gasteiger partial charge on any atom is 0.251 e. The van der Waals surface area contributed by atoms with Gasteiger partial charge >= 0.3 is 0 Å². The second-order valence-corrected chi connectivity index (χ2v) is 4.09. The van der Waals surface area contributed by atoms with Crippen LogP contribution in [0.4, 0.5) is 0 Å². The van der Waals surface area contributed by atoms with Crippen molar-refractivity contribution in [2.24, 2.45) is 0 Å². The summed E-state index contributed by atoms with van der Waals surface area (Å²) in [6.07, 6.45) is 0.231. The lowest BCUT2D eigenvalue weighted by Crippen LogP contribution is -2.27. The van der Waals surface area contributed by atoms with Crippen molar-refractivity contribution in [2.75, 3.05) is 13.2 Å². The van der Waals surface area contributed by atoms with Gasteiger partial charge < -0.3 is 10.1 Å². The average Bonchev–Trinajstić information content (AvgIpc) is 2.99. The number of nitrogens with one attached hydrogen (secondary N) is 1. The highest BCUT2D eigenvalue weighted by molar-refractivity contribution is 9.10. The van der Waals surface area contributed by atoms with E-state index in [4.69, 9.17) is 4.74 Å². The third-order valence-electron chi connectivity index (χ3n) is 2.00. The maximum atomic E-state index is 11.5. The first-order valence-electron chi connectivity index (χ1n) is 4.41. The number of amides is 1. The molecule has 1 aromatic rings. The van der Waals surface area contributed by atoms with Crippen LogP contribution >= 0.6 is 15.9 Å². The van der Waals surface area contributed by atoms with Crippen LogP contribution in [0.1, 0.15) is 10.4 Å². The molecule has 1 atom stereocenters. The molecule has 3 nitrogen and oxygen atoms in total. The summed E-state index contributed by atoms with van der Waals surface area (Å²) in [4.78, 5) is 11.5. The first-order valence-corrected chi connectivity index (χ1v) is 5.20. The number of rotatable bonds is 3. The lowest BCUT2D eigenvalue weighted by atomic mass is 10.2. The molecule has 0 spiro atoms. The van der Waals surface area contributed by atoms with Crippen molar-refractivity contribution in [2.45, 2.75) is 6.10 Å². The van der Waals surface area contributed by atoms with Gasteiger partial charge in [0, 0.05) is 16.6 Å². The van der Waals surface area contributed by atoms with Crippen LogP contribution in [-0.2, 0) is 4.74 Å². The Morgan fingerprint density at radius 2 is 2.14 bits per heavy atom. The van der Waals surface area contributed by atoms with Gasteiger partial charge in [-0.25, -0.2) is 0 Å². The first kappa shape index (κ1) is 9.68. The number of carbonyl (C=O) groups excluding carboxylic acids is 1. The molecule has 1 heterocycles. The lowest BCUT2D eigenvalue weighted by Gasteiger charge is -2.02. The zero-order valence-electron chi connectivity index (χ0n) is 7.50. The van der Waals surface area contributed by atoms with Crippen LogP contribution in [0.3, 0.4) is 0 Å². The predicted molar refractivity (Wildman–Crippen MR) is 56.2 cm³/mol. The summed E-state index contributed by atoms with van der Waals surface area (Å²) in [5.74, 6) is -0.0481. The van der Waals surface area contributed by atoms with Gasteiger partial charge in [0.1, 0.15) is 0 Å². The molecule has 0 aromatic heterocycles. The molecule has 1 N–H and O–H groups in total. The summed E-state index contributed by atoms with van der Waals surface area (Å²) in [6.45, 7) is 1.37. The highest BCUT2D eigenvalue weighted by Crippen LogP contribution is 2.11. The third-order valence-corrected chi connectivity index (χ3v) is 2.53. The van der Waals surface area contributed by atoms with Crippen LogP contribution < -0.4 is 5.32 Å². The van der Waals surface area contributed by atoms with Crippen molar-refractivity contribution in [3.8, 4) is 0 Å². The van der Waals surface area contributed by atoms with E-state index in [1.807, 2.05) is 12.1 Å². The average molecular weight is 256 g/mol. The van der Waals surface area contributed by atoms with Crippen molar-refractivity contribution >= 4 is 21.8 Å². The van der Waals surface area contributed by atoms with E-state index in [0.29, 0.717) is 12.1 Å². The van der Waals surface area contributed by atoms with Crippen LogP contribution in [-0.4, -0.2) is 25.2 Å². The van der Waals surface area contributed by atoms with Crippen molar-refractivity contribution in [1.82, 2.24) is 5.32 Å². The Hall–Kier alpha value is -0.870.